The van der Waals surface area contributed by atoms with Crippen LogP contribution in [0.15, 0.2) is 53.4 Å². The number of hydrogen-bond acceptors (Lipinski definition) is 4. The molecule has 0 atom stereocenters. The van der Waals surface area contributed by atoms with Gasteiger partial charge in [0.2, 0.25) is 0 Å². The van der Waals surface area contributed by atoms with E-state index in [1.54, 1.807) is 18.5 Å². The summed E-state index contributed by atoms with van der Waals surface area (Å²) in [7, 11) is 0. The van der Waals surface area contributed by atoms with E-state index in [0.717, 1.165) is 21.1 Å². The summed E-state index contributed by atoms with van der Waals surface area (Å²) in [6.07, 6.45) is 4.57. The molecular formula is C15H10BrN3O2. The fourth-order valence-electron chi connectivity index (χ4n) is 2.05. The number of benzene rings is 1. The summed E-state index contributed by atoms with van der Waals surface area (Å²) >= 11 is 3.39. The van der Waals surface area contributed by atoms with Gasteiger partial charge in [0.25, 0.3) is 0 Å². The summed E-state index contributed by atoms with van der Waals surface area (Å²) in [5.41, 5.74) is 2.11. The molecule has 3 rings (SSSR count). The third-order valence-corrected chi connectivity index (χ3v) is 3.43. The van der Waals surface area contributed by atoms with E-state index in [1.807, 2.05) is 24.3 Å². The van der Waals surface area contributed by atoms with E-state index in [1.165, 1.54) is 6.20 Å². The standard InChI is InChI=1S/C15H10BrN3O2/c16-10-6-9-2-1-3-13(14(9)18-7-10)19-12-4-5-17-8-11(12)15(20)21/h1-8H,(H,17,19)(H,20,21). The molecule has 5 nitrogen and oxygen atoms in total. The predicted octanol–water partition coefficient (Wildman–Crippen LogP) is 3.83. The number of aromatic nitrogens is 2. The normalized spacial score (nSPS) is 10.5. The molecule has 2 aromatic heterocycles. The van der Waals surface area contributed by atoms with Crippen molar-refractivity contribution >= 4 is 44.2 Å². The molecule has 0 aliphatic heterocycles. The third kappa shape index (κ3) is 2.71. The van der Waals surface area contributed by atoms with Gasteiger partial charge in [0.05, 0.1) is 16.9 Å². The zero-order valence-electron chi connectivity index (χ0n) is 10.7. The van der Waals surface area contributed by atoms with Crippen LogP contribution in [0.1, 0.15) is 10.4 Å². The smallest absolute Gasteiger partial charge is 0.339 e. The van der Waals surface area contributed by atoms with Crippen molar-refractivity contribution in [1.29, 1.82) is 0 Å². The van der Waals surface area contributed by atoms with Gasteiger partial charge in [-0.15, -0.1) is 0 Å². The van der Waals surface area contributed by atoms with Crippen molar-refractivity contribution < 1.29 is 9.90 Å². The lowest BCUT2D eigenvalue weighted by Crippen LogP contribution is -2.03. The minimum atomic E-state index is -1.03. The first kappa shape index (κ1) is 13.5. The Morgan fingerprint density at radius 2 is 2.05 bits per heavy atom. The van der Waals surface area contributed by atoms with Crippen molar-refractivity contribution in [2.24, 2.45) is 0 Å². The molecule has 104 valence electrons. The van der Waals surface area contributed by atoms with Crippen LogP contribution in [0.5, 0.6) is 0 Å². The van der Waals surface area contributed by atoms with Gasteiger partial charge in [0.1, 0.15) is 5.56 Å². The summed E-state index contributed by atoms with van der Waals surface area (Å²) in [6.45, 7) is 0. The molecule has 0 fully saturated rings. The Morgan fingerprint density at radius 1 is 1.19 bits per heavy atom. The lowest BCUT2D eigenvalue weighted by Gasteiger charge is -2.11. The molecule has 0 amide bonds. The van der Waals surface area contributed by atoms with Crippen LogP contribution in [-0.4, -0.2) is 21.0 Å². The van der Waals surface area contributed by atoms with E-state index in [4.69, 9.17) is 0 Å². The molecular weight excluding hydrogens is 334 g/mol. The maximum atomic E-state index is 11.2. The second kappa shape index (κ2) is 5.49. The van der Waals surface area contributed by atoms with E-state index in [9.17, 15) is 9.90 Å². The van der Waals surface area contributed by atoms with Crippen LogP contribution >= 0.6 is 15.9 Å². The van der Waals surface area contributed by atoms with Gasteiger partial charge >= 0.3 is 5.97 Å². The van der Waals surface area contributed by atoms with Crippen LogP contribution < -0.4 is 5.32 Å². The Labute approximate surface area is 128 Å². The molecule has 0 bridgehead atoms. The quantitative estimate of drug-likeness (QED) is 0.755. The highest BCUT2D eigenvalue weighted by Crippen LogP contribution is 2.27. The molecule has 2 N–H and O–H groups in total. The number of carbonyl (C=O) groups is 1. The number of nitrogens with one attached hydrogen (secondary N) is 1. The van der Waals surface area contributed by atoms with Crippen LogP contribution in [0.25, 0.3) is 10.9 Å². The van der Waals surface area contributed by atoms with Crippen molar-refractivity contribution in [2.75, 3.05) is 5.32 Å². The number of carboxylic acids is 1. The van der Waals surface area contributed by atoms with Gasteiger partial charge in [0.15, 0.2) is 0 Å². The lowest BCUT2D eigenvalue weighted by molar-refractivity contribution is 0.0697. The van der Waals surface area contributed by atoms with E-state index < -0.39 is 5.97 Å². The molecule has 21 heavy (non-hydrogen) atoms. The topological polar surface area (TPSA) is 75.1 Å². The van der Waals surface area contributed by atoms with Crippen LogP contribution in [0.2, 0.25) is 0 Å². The van der Waals surface area contributed by atoms with Gasteiger partial charge < -0.3 is 10.4 Å². The number of nitrogens with zero attached hydrogens (tertiary/aromatic N) is 2. The lowest BCUT2D eigenvalue weighted by atomic mass is 10.1. The minimum absolute atomic E-state index is 0.117. The first-order valence-electron chi connectivity index (χ1n) is 6.14. The van der Waals surface area contributed by atoms with E-state index >= 15 is 0 Å². The molecule has 0 saturated carbocycles. The summed E-state index contributed by atoms with van der Waals surface area (Å²) in [4.78, 5) is 19.4. The molecule has 6 heteroatoms. The Kier molecular flexibility index (Phi) is 3.53. The molecule has 0 aliphatic rings. The maximum absolute atomic E-state index is 11.2. The molecule has 0 saturated heterocycles. The number of aromatic carboxylic acids is 1. The number of fused-ring (bicyclic) bond motifs is 1. The van der Waals surface area contributed by atoms with E-state index in [-0.39, 0.29) is 5.56 Å². The number of para-hydroxylation sites is 1. The summed E-state index contributed by atoms with van der Waals surface area (Å²) in [5.74, 6) is -1.03. The van der Waals surface area contributed by atoms with Gasteiger partial charge in [-0.1, -0.05) is 12.1 Å². The Morgan fingerprint density at radius 3 is 2.86 bits per heavy atom. The number of halogens is 1. The number of pyridine rings is 2. The first-order chi connectivity index (χ1) is 10.1. The Bertz CT molecular complexity index is 836. The largest absolute Gasteiger partial charge is 0.478 e. The van der Waals surface area contributed by atoms with Gasteiger partial charge in [-0.3, -0.25) is 9.97 Å². The Balaban J connectivity index is 2.09. The summed E-state index contributed by atoms with van der Waals surface area (Å²) in [5, 5.41) is 13.3. The zero-order chi connectivity index (χ0) is 14.8. The molecule has 0 aliphatic carbocycles. The Hall–Kier alpha value is -2.47. The predicted molar refractivity (Wildman–Crippen MR) is 83.9 cm³/mol. The van der Waals surface area contributed by atoms with Crippen LogP contribution in [0.3, 0.4) is 0 Å². The zero-order valence-corrected chi connectivity index (χ0v) is 12.3. The van der Waals surface area contributed by atoms with Gasteiger partial charge in [0, 0.05) is 28.4 Å². The van der Waals surface area contributed by atoms with Crippen molar-refractivity contribution in [3.8, 4) is 0 Å². The number of carboxylic acid groups (broad SMARTS) is 1. The van der Waals surface area contributed by atoms with Crippen molar-refractivity contribution in [1.82, 2.24) is 9.97 Å². The number of anilines is 2. The second-order valence-electron chi connectivity index (χ2n) is 4.38. The monoisotopic (exact) mass is 343 g/mol. The van der Waals surface area contributed by atoms with Gasteiger partial charge in [-0.05, 0) is 34.1 Å². The maximum Gasteiger partial charge on any atom is 0.339 e. The molecule has 1 aromatic carbocycles. The molecule has 0 spiro atoms. The number of rotatable bonds is 3. The fourth-order valence-corrected chi connectivity index (χ4v) is 2.40. The number of hydrogen-bond donors (Lipinski definition) is 2. The first-order valence-corrected chi connectivity index (χ1v) is 6.93. The van der Waals surface area contributed by atoms with Crippen molar-refractivity contribution in [3.63, 3.8) is 0 Å². The third-order valence-electron chi connectivity index (χ3n) is 3.00. The van der Waals surface area contributed by atoms with Crippen LogP contribution in [-0.2, 0) is 0 Å². The SMILES string of the molecule is O=C(O)c1cnccc1Nc1cccc2cc(Br)cnc12. The minimum Gasteiger partial charge on any atom is -0.478 e. The molecule has 3 aromatic rings. The van der Waals surface area contributed by atoms with Crippen LogP contribution in [0, 0.1) is 0 Å². The van der Waals surface area contributed by atoms with Crippen molar-refractivity contribution in [2.45, 2.75) is 0 Å². The fraction of sp³-hybridized carbons (Fsp3) is 0. The van der Waals surface area contributed by atoms with Gasteiger partial charge in [-0.25, -0.2) is 4.79 Å². The average Bonchev–Trinajstić information content (AvgIpc) is 2.47. The van der Waals surface area contributed by atoms with Gasteiger partial charge in [-0.2, -0.15) is 0 Å². The molecule has 0 unspecified atom stereocenters. The highest BCUT2D eigenvalue weighted by Gasteiger charge is 2.11. The van der Waals surface area contributed by atoms with Crippen LogP contribution in [0.4, 0.5) is 11.4 Å². The second-order valence-corrected chi connectivity index (χ2v) is 5.30. The molecule has 2 heterocycles. The average molecular weight is 344 g/mol. The van der Waals surface area contributed by atoms with E-state index in [0.29, 0.717) is 5.69 Å². The van der Waals surface area contributed by atoms with Crippen molar-refractivity contribution in [3.05, 3.63) is 59.0 Å². The summed E-state index contributed by atoms with van der Waals surface area (Å²) < 4.78 is 0.891. The highest BCUT2D eigenvalue weighted by atomic mass is 79.9. The molecule has 0 radical (unpaired) electrons. The van der Waals surface area contributed by atoms with E-state index in [2.05, 4.69) is 31.2 Å². The highest BCUT2D eigenvalue weighted by molar-refractivity contribution is 9.10. The summed E-state index contributed by atoms with van der Waals surface area (Å²) in [6, 6.07) is 9.28.